The fraction of sp³-hybridized carbons (Fsp3) is 0.190. The second-order valence-corrected chi connectivity index (χ2v) is 10.8. The predicted molar refractivity (Wildman–Crippen MR) is 127 cm³/mol. The highest BCUT2D eigenvalue weighted by Crippen LogP contribution is 2.26. The van der Waals surface area contributed by atoms with Crippen LogP contribution >= 0.6 is 23.1 Å². The summed E-state index contributed by atoms with van der Waals surface area (Å²) >= 11 is 2.71. The molecule has 0 atom stereocenters. The van der Waals surface area contributed by atoms with Gasteiger partial charge in [-0.05, 0) is 61.7 Å². The maximum absolute atomic E-state index is 13.0. The molecule has 3 aromatic rings. The number of hydrogen-bond acceptors (Lipinski definition) is 7. The Morgan fingerprint density at radius 2 is 1.84 bits per heavy atom. The van der Waals surface area contributed by atoms with Gasteiger partial charge in [0.2, 0.25) is 5.13 Å². The third-order valence-corrected chi connectivity index (χ3v) is 7.66. The van der Waals surface area contributed by atoms with Crippen molar-refractivity contribution in [2.45, 2.75) is 30.0 Å². The number of carbonyl (C=O) groups is 1. The summed E-state index contributed by atoms with van der Waals surface area (Å²) < 4.78 is 29.3. The highest BCUT2D eigenvalue weighted by molar-refractivity contribution is 8.01. The van der Waals surface area contributed by atoms with Crippen LogP contribution in [0.4, 0.5) is 10.8 Å². The Hall–Kier alpha value is -2.69. The molecule has 0 saturated heterocycles. The van der Waals surface area contributed by atoms with Crippen molar-refractivity contribution in [2.24, 2.45) is 0 Å². The summed E-state index contributed by atoms with van der Waals surface area (Å²) in [5.74, 6) is 0.231. The number of anilines is 2. The molecule has 0 unspecified atom stereocenters. The minimum Gasteiger partial charge on any atom is -0.296 e. The van der Waals surface area contributed by atoms with Gasteiger partial charge in [0.1, 0.15) is 0 Å². The molecular formula is C21H22N4O3S3. The quantitative estimate of drug-likeness (QED) is 0.276. The van der Waals surface area contributed by atoms with E-state index in [1.807, 2.05) is 19.9 Å². The summed E-state index contributed by atoms with van der Waals surface area (Å²) in [4.78, 5) is 12.7. The van der Waals surface area contributed by atoms with Crippen LogP contribution in [0.1, 0.15) is 27.0 Å². The normalized spacial score (nSPS) is 11.2. The molecule has 31 heavy (non-hydrogen) atoms. The van der Waals surface area contributed by atoms with E-state index in [1.54, 1.807) is 37.3 Å². The van der Waals surface area contributed by atoms with E-state index in [4.69, 9.17) is 0 Å². The zero-order valence-electron chi connectivity index (χ0n) is 17.3. The highest BCUT2D eigenvalue weighted by Gasteiger charge is 2.20. The number of aryl methyl sites for hydroxylation is 3. The van der Waals surface area contributed by atoms with Gasteiger partial charge in [-0.1, -0.05) is 41.3 Å². The Morgan fingerprint density at radius 3 is 2.52 bits per heavy atom. The van der Waals surface area contributed by atoms with E-state index >= 15 is 0 Å². The molecule has 0 fully saturated rings. The molecule has 0 aliphatic rings. The Morgan fingerprint density at radius 1 is 1.13 bits per heavy atom. The molecule has 2 N–H and O–H groups in total. The molecule has 0 radical (unpaired) electrons. The molecule has 162 valence electrons. The molecule has 1 heterocycles. The first-order valence-electron chi connectivity index (χ1n) is 9.28. The minimum atomic E-state index is -3.88. The number of carbonyl (C=O) groups excluding carboxylic acids is 1. The third kappa shape index (κ3) is 5.93. The molecule has 0 bridgehead atoms. The van der Waals surface area contributed by atoms with Gasteiger partial charge in [-0.15, -0.1) is 16.8 Å². The van der Waals surface area contributed by atoms with E-state index in [0.717, 1.165) is 11.1 Å². The second-order valence-electron chi connectivity index (χ2n) is 6.89. The van der Waals surface area contributed by atoms with Crippen LogP contribution in [-0.4, -0.2) is 30.3 Å². The van der Waals surface area contributed by atoms with Crippen molar-refractivity contribution in [3.05, 3.63) is 71.3 Å². The molecule has 3 rings (SSSR count). The minimum absolute atomic E-state index is 0.0406. The van der Waals surface area contributed by atoms with Gasteiger partial charge in [-0.3, -0.25) is 14.8 Å². The molecular weight excluding hydrogens is 452 g/mol. The lowest BCUT2D eigenvalue weighted by atomic mass is 10.1. The molecule has 7 nitrogen and oxygen atoms in total. The SMILES string of the molecule is C=CCSc1nnc(NC(=O)c2ccc(C)c(S(=O)(=O)Nc3cc(C)cc(C)c3)c2)s1. The van der Waals surface area contributed by atoms with E-state index in [0.29, 0.717) is 26.5 Å². The number of benzene rings is 2. The lowest BCUT2D eigenvalue weighted by Gasteiger charge is -2.13. The van der Waals surface area contributed by atoms with Crippen molar-refractivity contribution in [3.63, 3.8) is 0 Å². The fourth-order valence-corrected chi connectivity index (χ4v) is 5.71. The van der Waals surface area contributed by atoms with Gasteiger partial charge in [0, 0.05) is 17.0 Å². The number of thioether (sulfide) groups is 1. The third-order valence-electron chi connectivity index (χ3n) is 4.17. The molecule has 0 saturated carbocycles. The zero-order chi connectivity index (χ0) is 22.6. The summed E-state index contributed by atoms with van der Waals surface area (Å²) in [5.41, 5.74) is 3.12. The van der Waals surface area contributed by atoms with Gasteiger partial charge in [-0.2, -0.15) is 0 Å². The first-order valence-corrected chi connectivity index (χ1v) is 12.6. The van der Waals surface area contributed by atoms with Crippen molar-refractivity contribution < 1.29 is 13.2 Å². The van der Waals surface area contributed by atoms with Gasteiger partial charge < -0.3 is 0 Å². The Balaban J connectivity index is 1.82. The number of sulfonamides is 1. The summed E-state index contributed by atoms with van der Waals surface area (Å²) in [6.07, 6.45) is 1.75. The average Bonchev–Trinajstić information content (AvgIpc) is 3.12. The van der Waals surface area contributed by atoms with Gasteiger partial charge in [-0.25, -0.2) is 8.42 Å². The average molecular weight is 475 g/mol. The number of nitrogens with one attached hydrogen (secondary N) is 2. The monoisotopic (exact) mass is 474 g/mol. The van der Waals surface area contributed by atoms with Gasteiger partial charge in [0.15, 0.2) is 4.34 Å². The van der Waals surface area contributed by atoms with Crippen LogP contribution < -0.4 is 10.0 Å². The molecule has 10 heteroatoms. The van der Waals surface area contributed by atoms with Gasteiger partial charge >= 0.3 is 0 Å². The zero-order valence-corrected chi connectivity index (χ0v) is 19.7. The Kier molecular flexibility index (Phi) is 7.14. The highest BCUT2D eigenvalue weighted by atomic mass is 32.2. The van der Waals surface area contributed by atoms with Crippen LogP contribution in [0.25, 0.3) is 0 Å². The lowest BCUT2D eigenvalue weighted by Crippen LogP contribution is -2.17. The van der Waals surface area contributed by atoms with Crippen LogP contribution in [0.5, 0.6) is 0 Å². The van der Waals surface area contributed by atoms with E-state index in [-0.39, 0.29) is 10.5 Å². The van der Waals surface area contributed by atoms with E-state index < -0.39 is 15.9 Å². The van der Waals surface area contributed by atoms with E-state index in [9.17, 15) is 13.2 Å². The van der Waals surface area contributed by atoms with Crippen LogP contribution in [-0.2, 0) is 10.0 Å². The number of nitrogens with zero attached hydrogens (tertiary/aromatic N) is 2. The van der Waals surface area contributed by atoms with Crippen LogP contribution in [0.15, 0.2) is 58.3 Å². The predicted octanol–water partition coefficient (Wildman–Crippen LogP) is 4.79. The molecule has 0 aliphatic heterocycles. The van der Waals surface area contributed by atoms with E-state index in [1.165, 1.54) is 29.2 Å². The summed E-state index contributed by atoms with van der Waals surface area (Å²) in [6, 6.07) is 10.0. The smallest absolute Gasteiger partial charge is 0.262 e. The molecule has 1 aromatic heterocycles. The van der Waals surface area contributed by atoms with Crippen molar-refractivity contribution in [1.29, 1.82) is 0 Å². The Bertz CT molecular complexity index is 1220. The standard InChI is InChI=1S/C21H22N4O3S3/c1-5-8-29-21-24-23-20(30-21)22-19(26)16-7-6-15(4)18(12-16)31(27,28)25-17-10-13(2)9-14(3)11-17/h5-7,9-12,25H,1,8H2,2-4H3,(H,22,23,26). The van der Waals surface area contributed by atoms with Crippen molar-refractivity contribution in [2.75, 3.05) is 15.8 Å². The second kappa shape index (κ2) is 9.63. The van der Waals surface area contributed by atoms with Crippen LogP contribution in [0, 0.1) is 20.8 Å². The number of hydrogen-bond donors (Lipinski definition) is 2. The molecule has 1 amide bonds. The first kappa shape index (κ1) is 23.0. The first-order chi connectivity index (χ1) is 14.7. The maximum atomic E-state index is 13.0. The van der Waals surface area contributed by atoms with Crippen molar-refractivity contribution in [3.8, 4) is 0 Å². The molecule has 2 aromatic carbocycles. The molecule has 0 spiro atoms. The van der Waals surface area contributed by atoms with Crippen LogP contribution in [0.3, 0.4) is 0 Å². The van der Waals surface area contributed by atoms with E-state index in [2.05, 4.69) is 26.8 Å². The fourth-order valence-electron chi connectivity index (χ4n) is 2.89. The largest absolute Gasteiger partial charge is 0.296 e. The Labute approximate surface area is 190 Å². The number of aromatic nitrogens is 2. The lowest BCUT2D eigenvalue weighted by molar-refractivity contribution is 0.102. The number of amides is 1. The maximum Gasteiger partial charge on any atom is 0.262 e. The summed E-state index contributed by atoms with van der Waals surface area (Å²) in [7, 11) is -3.88. The van der Waals surface area contributed by atoms with Crippen molar-refractivity contribution in [1.82, 2.24) is 10.2 Å². The van der Waals surface area contributed by atoms with Gasteiger partial charge in [0.25, 0.3) is 15.9 Å². The summed E-state index contributed by atoms with van der Waals surface area (Å²) in [6.45, 7) is 9.14. The van der Waals surface area contributed by atoms with Crippen LogP contribution in [0.2, 0.25) is 0 Å². The van der Waals surface area contributed by atoms with Crippen molar-refractivity contribution >= 4 is 49.8 Å². The van der Waals surface area contributed by atoms with Gasteiger partial charge in [0.05, 0.1) is 4.90 Å². The number of rotatable bonds is 8. The molecule has 0 aliphatic carbocycles. The topological polar surface area (TPSA) is 101 Å². The summed E-state index contributed by atoms with van der Waals surface area (Å²) in [5, 5.41) is 11.0.